The summed E-state index contributed by atoms with van der Waals surface area (Å²) in [6.45, 7) is 0.482. The average molecular weight is 252 g/mol. The minimum Gasteiger partial charge on any atom is -0.326 e. The smallest absolute Gasteiger partial charge is 0.232 e. The summed E-state index contributed by atoms with van der Waals surface area (Å²) >= 11 is 0. The standard InChI is InChI=1S/C16H16N2O/c17-10-11-4-3-6-13(8-11)18-16(19)15-9-12-5-1-2-7-14(12)15/h1-8,15H,9-10,17H2,(H,18,19). The second kappa shape index (κ2) is 4.86. The summed E-state index contributed by atoms with van der Waals surface area (Å²) in [6.07, 6.45) is 0.832. The summed E-state index contributed by atoms with van der Waals surface area (Å²) in [6, 6.07) is 15.8. The van der Waals surface area contributed by atoms with Crippen LogP contribution in [0, 0.1) is 0 Å². The normalized spacial score (nSPS) is 16.4. The summed E-state index contributed by atoms with van der Waals surface area (Å²) in [5, 5.41) is 2.96. The molecule has 0 fully saturated rings. The van der Waals surface area contributed by atoms with Crippen LogP contribution in [-0.4, -0.2) is 5.91 Å². The Hall–Kier alpha value is -2.13. The summed E-state index contributed by atoms with van der Waals surface area (Å²) in [4.78, 5) is 12.2. The lowest BCUT2D eigenvalue weighted by atomic mass is 9.77. The summed E-state index contributed by atoms with van der Waals surface area (Å²) < 4.78 is 0. The van der Waals surface area contributed by atoms with Crippen LogP contribution in [0.1, 0.15) is 22.6 Å². The van der Waals surface area contributed by atoms with Crippen LogP contribution in [0.2, 0.25) is 0 Å². The quantitative estimate of drug-likeness (QED) is 0.881. The Morgan fingerprint density at radius 3 is 2.84 bits per heavy atom. The van der Waals surface area contributed by atoms with Crippen molar-refractivity contribution in [3.63, 3.8) is 0 Å². The number of rotatable bonds is 3. The number of amides is 1. The molecule has 0 saturated carbocycles. The first-order valence-electron chi connectivity index (χ1n) is 6.45. The van der Waals surface area contributed by atoms with E-state index in [1.54, 1.807) is 0 Å². The number of nitrogens with one attached hydrogen (secondary N) is 1. The number of nitrogens with two attached hydrogens (primary N) is 1. The Morgan fingerprint density at radius 1 is 1.21 bits per heavy atom. The van der Waals surface area contributed by atoms with E-state index in [1.807, 2.05) is 42.5 Å². The topological polar surface area (TPSA) is 55.1 Å². The van der Waals surface area contributed by atoms with Crippen molar-refractivity contribution >= 4 is 11.6 Å². The van der Waals surface area contributed by atoms with Gasteiger partial charge in [-0.3, -0.25) is 4.79 Å². The lowest BCUT2D eigenvalue weighted by Gasteiger charge is -2.28. The molecule has 3 rings (SSSR count). The van der Waals surface area contributed by atoms with E-state index in [4.69, 9.17) is 5.73 Å². The molecule has 0 radical (unpaired) electrons. The fourth-order valence-electron chi connectivity index (χ4n) is 2.50. The van der Waals surface area contributed by atoms with Crippen LogP contribution in [0.5, 0.6) is 0 Å². The van der Waals surface area contributed by atoms with Crippen molar-refractivity contribution in [2.45, 2.75) is 18.9 Å². The Morgan fingerprint density at radius 2 is 2.05 bits per heavy atom. The molecule has 1 aliphatic carbocycles. The van der Waals surface area contributed by atoms with Crippen molar-refractivity contribution in [1.82, 2.24) is 0 Å². The predicted octanol–water partition coefficient (Wildman–Crippen LogP) is 2.42. The summed E-state index contributed by atoms with van der Waals surface area (Å²) in [7, 11) is 0. The third-order valence-electron chi connectivity index (χ3n) is 3.60. The van der Waals surface area contributed by atoms with Gasteiger partial charge < -0.3 is 11.1 Å². The van der Waals surface area contributed by atoms with Crippen LogP contribution in [0.15, 0.2) is 48.5 Å². The van der Waals surface area contributed by atoms with E-state index >= 15 is 0 Å². The number of benzene rings is 2. The predicted molar refractivity (Wildman–Crippen MR) is 75.9 cm³/mol. The molecule has 0 aromatic heterocycles. The molecular formula is C16H16N2O. The molecule has 3 nitrogen and oxygen atoms in total. The van der Waals surface area contributed by atoms with Crippen molar-refractivity contribution in [3.05, 3.63) is 65.2 Å². The van der Waals surface area contributed by atoms with Crippen LogP contribution in [0.3, 0.4) is 0 Å². The highest BCUT2D eigenvalue weighted by molar-refractivity contribution is 5.97. The molecule has 3 heteroatoms. The third kappa shape index (κ3) is 2.25. The Labute approximate surface area is 112 Å². The number of fused-ring (bicyclic) bond motifs is 1. The zero-order valence-electron chi connectivity index (χ0n) is 10.6. The van der Waals surface area contributed by atoms with Gasteiger partial charge in [0.15, 0.2) is 0 Å². The van der Waals surface area contributed by atoms with E-state index in [0.29, 0.717) is 6.54 Å². The maximum absolute atomic E-state index is 12.2. The monoisotopic (exact) mass is 252 g/mol. The molecule has 1 atom stereocenters. The molecule has 0 aliphatic heterocycles. The van der Waals surface area contributed by atoms with Crippen LogP contribution in [0.4, 0.5) is 5.69 Å². The highest BCUT2D eigenvalue weighted by Gasteiger charge is 2.31. The number of hydrogen-bond acceptors (Lipinski definition) is 2. The molecule has 0 bridgehead atoms. The Balaban J connectivity index is 1.73. The van der Waals surface area contributed by atoms with Crippen molar-refractivity contribution in [2.75, 3.05) is 5.32 Å². The SMILES string of the molecule is NCc1cccc(NC(=O)C2Cc3ccccc32)c1. The van der Waals surface area contributed by atoms with Crippen molar-refractivity contribution < 1.29 is 4.79 Å². The lowest BCUT2D eigenvalue weighted by molar-refractivity contribution is -0.118. The highest BCUT2D eigenvalue weighted by atomic mass is 16.1. The van der Waals surface area contributed by atoms with Gasteiger partial charge in [0.1, 0.15) is 0 Å². The van der Waals surface area contributed by atoms with Gasteiger partial charge >= 0.3 is 0 Å². The molecule has 96 valence electrons. The summed E-state index contributed by atoms with van der Waals surface area (Å²) in [5.74, 6) is 0.0469. The Kier molecular flexibility index (Phi) is 3.05. The summed E-state index contributed by atoms with van der Waals surface area (Å²) in [5.41, 5.74) is 9.86. The second-order valence-electron chi connectivity index (χ2n) is 4.85. The van der Waals surface area contributed by atoms with Crippen LogP contribution >= 0.6 is 0 Å². The molecule has 3 N–H and O–H groups in total. The van der Waals surface area contributed by atoms with E-state index < -0.39 is 0 Å². The van der Waals surface area contributed by atoms with E-state index in [1.165, 1.54) is 5.56 Å². The van der Waals surface area contributed by atoms with Crippen molar-refractivity contribution in [1.29, 1.82) is 0 Å². The maximum atomic E-state index is 12.2. The van der Waals surface area contributed by atoms with Crippen LogP contribution in [-0.2, 0) is 17.8 Å². The molecule has 1 aliphatic rings. The molecule has 0 heterocycles. The molecule has 1 amide bonds. The van der Waals surface area contributed by atoms with Gasteiger partial charge in [-0.1, -0.05) is 36.4 Å². The first kappa shape index (κ1) is 11.9. The molecule has 0 spiro atoms. The molecule has 19 heavy (non-hydrogen) atoms. The van der Waals surface area contributed by atoms with Crippen LogP contribution < -0.4 is 11.1 Å². The fraction of sp³-hybridized carbons (Fsp3) is 0.188. The van der Waals surface area contributed by atoms with Crippen LogP contribution in [0.25, 0.3) is 0 Å². The van der Waals surface area contributed by atoms with E-state index in [9.17, 15) is 4.79 Å². The number of carbonyl (C=O) groups is 1. The Bertz CT molecular complexity index is 622. The van der Waals surface area contributed by atoms with Crippen molar-refractivity contribution in [2.24, 2.45) is 5.73 Å². The largest absolute Gasteiger partial charge is 0.326 e. The van der Waals surface area contributed by atoms with Gasteiger partial charge in [-0.2, -0.15) is 0 Å². The second-order valence-corrected chi connectivity index (χ2v) is 4.85. The molecule has 2 aromatic rings. The van der Waals surface area contributed by atoms with Gasteiger partial charge in [-0.05, 0) is 35.2 Å². The van der Waals surface area contributed by atoms with E-state index in [-0.39, 0.29) is 11.8 Å². The zero-order valence-corrected chi connectivity index (χ0v) is 10.6. The first-order valence-corrected chi connectivity index (χ1v) is 6.45. The molecule has 1 unspecified atom stereocenters. The average Bonchev–Trinajstić information content (AvgIpc) is 2.40. The van der Waals surface area contributed by atoms with Gasteiger partial charge in [0.2, 0.25) is 5.91 Å². The number of anilines is 1. The molecule has 0 saturated heterocycles. The van der Waals surface area contributed by atoms with Gasteiger partial charge in [0.25, 0.3) is 0 Å². The molecular weight excluding hydrogens is 236 g/mol. The van der Waals surface area contributed by atoms with Gasteiger partial charge in [-0.15, -0.1) is 0 Å². The third-order valence-corrected chi connectivity index (χ3v) is 3.60. The minimum absolute atomic E-state index is 0.0160. The van der Waals surface area contributed by atoms with E-state index in [0.717, 1.165) is 23.2 Å². The number of hydrogen-bond donors (Lipinski definition) is 2. The first-order chi connectivity index (χ1) is 9.28. The minimum atomic E-state index is -0.0160. The maximum Gasteiger partial charge on any atom is 0.232 e. The highest BCUT2D eigenvalue weighted by Crippen LogP contribution is 2.35. The van der Waals surface area contributed by atoms with Gasteiger partial charge in [0.05, 0.1) is 5.92 Å². The lowest BCUT2D eigenvalue weighted by Crippen LogP contribution is -2.30. The van der Waals surface area contributed by atoms with Gasteiger partial charge in [-0.25, -0.2) is 0 Å². The number of carbonyl (C=O) groups excluding carboxylic acids is 1. The van der Waals surface area contributed by atoms with Crippen molar-refractivity contribution in [3.8, 4) is 0 Å². The zero-order chi connectivity index (χ0) is 13.2. The molecule has 2 aromatic carbocycles. The fourth-order valence-corrected chi connectivity index (χ4v) is 2.50. The van der Waals surface area contributed by atoms with E-state index in [2.05, 4.69) is 11.4 Å². The van der Waals surface area contributed by atoms with Gasteiger partial charge in [0, 0.05) is 12.2 Å².